The van der Waals surface area contributed by atoms with E-state index in [4.69, 9.17) is 5.14 Å². The normalized spacial score (nSPS) is 17.1. The Bertz CT molecular complexity index is 649. The van der Waals surface area contributed by atoms with Gasteiger partial charge in [-0.15, -0.1) is 0 Å². The molecular formula is C14H19BrN2O3S. The van der Waals surface area contributed by atoms with Gasteiger partial charge in [-0.1, -0.05) is 29.3 Å². The van der Waals surface area contributed by atoms with Crippen LogP contribution in [0.4, 0.5) is 0 Å². The average Bonchev–Trinajstić information content (AvgIpc) is 2.36. The van der Waals surface area contributed by atoms with Crippen LogP contribution in [0.2, 0.25) is 0 Å². The van der Waals surface area contributed by atoms with Gasteiger partial charge in [-0.05, 0) is 42.9 Å². The van der Waals surface area contributed by atoms with Crippen molar-refractivity contribution in [3.05, 3.63) is 28.2 Å². The lowest BCUT2D eigenvalue weighted by atomic mass is 9.67. The Kier molecular flexibility index (Phi) is 4.75. The number of hydrogen-bond acceptors (Lipinski definition) is 3. The minimum atomic E-state index is -3.83. The van der Waals surface area contributed by atoms with Gasteiger partial charge in [0.25, 0.3) is 5.91 Å². The molecule has 21 heavy (non-hydrogen) atoms. The number of halogens is 1. The second kappa shape index (κ2) is 6.06. The van der Waals surface area contributed by atoms with Crippen molar-refractivity contribution in [2.75, 3.05) is 6.54 Å². The molecule has 1 aliphatic rings. The lowest BCUT2D eigenvalue weighted by Gasteiger charge is -2.41. The molecule has 0 bridgehead atoms. The van der Waals surface area contributed by atoms with E-state index in [0.29, 0.717) is 16.6 Å². The van der Waals surface area contributed by atoms with E-state index in [2.05, 4.69) is 28.2 Å². The van der Waals surface area contributed by atoms with Crippen LogP contribution in [-0.4, -0.2) is 20.9 Å². The van der Waals surface area contributed by atoms with Gasteiger partial charge in [-0.2, -0.15) is 0 Å². The van der Waals surface area contributed by atoms with E-state index in [1.165, 1.54) is 18.6 Å². The molecule has 5 nitrogen and oxygen atoms in total. The first-order valence-electron chi connectivity index (χ1n) is 6.87. The van der Waals surface area contributed by atoms with Crippen molar-refractivity contribution in [1.29, 1.82) is 0 Å². The van der Waals surface area contributed by atoms with Crippen LogP contribution in [0.1, 0.15) is 43.0 Å². The average molecular weight is 375 g/mol. The van der Waals surface area contributed by atoms with Gasteiger partial charge >= 0.3 is 0 Å². The molecule has 1 aromatic carbocycles. The molecule has 1 aromatic rings. The number of nitrogens with one attached hydrogen (secondary N) is 1. The molecule has 0 saturated heterocycles. The minimum Gasteiger partial charge on any atom is -0.351 e. The summed E-state index contributed by atoms with van der Waals surface area (Å²) in [5.41, 5.74) is 0.503. The zero-order valence-electron chi connectivity index (χ0n) is 11.9. The fourth-order valence-electron chi connectivity index (χ4n) is 2.56. The third-order valence-corrected chi connectivity index (χ3v) is 5.60. The number of carbonyl (C=O) groups excluding carboxylic acids is 1. The number of carbonyl (C=O) groups is 1. The van der Waals surface area contributed by atoms with E-state index in [1.54, 1.807) is 6.07 Å². The Labute approximate surface area is 133 Å². The van der Waals surface area contributed by atoms with Gasteiger partial charge in [-0.3, -0.25) is 4.79 Å². The number of benzene rings is 1. The van der Waals surface area contributed by atoms with Gasteiger partial charge in [0.15, 0.2) is 0 Å². The van der Waals surface area contributed by atoms with E-state index < -0.39 is 10.0 Å². The first-order valence-corrected chi connectivity index (χ1v) is 9.21. The Morgan fingerprint density at radius 3 is 2.52 bits per heavy atom. The molecule has 0 aromatic heterocycles. The molecule has 0 unspecified atom stereocenters. The zero-order chi connectivity index (χ0) is 15.7. The fraction of sp³-hybridized carbons (Fsp3) is 0.500. The van der Waals surface area contributed by atoms with Crippen LogP contribution in [0, 0.1) is 5.41 Å². The zero-order valence-corrected chi connectivity index (χ0v) is 14.3. The highest BCUT2D eigenvalue weighted by atomic mass is 79.9. The molecule has 2 rings (SSSR count). The molecule has 1 aliphatic carbocycles. The molecule has 1 amide bonds. The third kappa shape index (κ3) is 3.84. The van der Waals surface area contributed by atoms with Crippen LogP contribution in [0.3, 0.4) is 0 Å². The largest absolute Gasteiger partial charge is 0.351 e. The van der Waals surface area contributed by atoms with Gasteiger partial charge in [0, 0.05) is 16.6 Å². The molecule has 7 heteroatoms. The van der Waals surface area contributed by atoms with Gasteiger partial charge in [0.1, 0.15) is 0 Å². The molecule has 3 N–H and O–H groups in total. The second-order valence-electron chi connectivity index (χ2n) is 5.61. The molecule has 1 fully saturated rings. The van der Waals surface area contributed by atoms with Crippen molar-refractivity contribution in [1.82, 2.24) is 5.32 Å². The molecule has 0 radical (unpaired) electrons. The Morgan fingerprint density at radius 2 is 2.05 bits per heavy atom. The Hall–Kier alpha value is -0.920. The first-order chi connectivity index (χ1) is 9.76. The summed E-state index contributed by atoms with van der Waals surface area (Å²) in [6.45, 7) is 2.75. The van der Waals surface area contributed by atoms with E-state index in [1.807, 2.05) is 0 Å². The number of rotatable bonds is 5. The number of sulfonamides is 1. The quantitative estimate of drug-likeness (QED) is 0.828. The van der Waals surface area contributed by atoms with Crippen molar-refractivity contribution in [2.45, 2.75) is 37.5 Å². The standard InChI is InChI=1S/C14H19BrN2O3S/c1-2-14(4-3-5-14)9-17-13(18)10-6-11(15)8-12(7-10)21(16,19)20/h6-8H,2-5,9H2,1H3,(H,17,18)(H2,16,19,20). The number of amides is 1. The van der Waals surface area contributed by atoms with E-state index in [9.17, 15) is 13.2 Å². The summed E-state index contributed by atoms with van der Waals surface area (Å²) in [5.74, 6) is -0.277. The highest BCUT2D eigenvalue weighted by molar-refractivity contribution is 9.10. The second-order valence-corrected chi connectivity index (χ2v) is 8.09. The lowest BCUT2D eigenvalue weighted by molar-refractivity contribution is 0.0850. The maximum Gasteiger partial charge on any atom is 0.251 e. The summed E-state index contributed by atoms with van der Waals surface area (Å²) in [6, 6.07) is 4.27. The minimum absolute atomic E-state index is 0.0733. The summed E-state index contributed by atoms with van der Waals surface area (Å²) in [6.07, 6.45) is 4.50. The van der Waals surface area contributed by atoms with Crippen molar-refractivity contribution >= 4 is 31.9 Å². The summed E-state index contributed by atoms with van der Waals surface area (Å²) in [7, 11) is -3.83. The molecule has 0 aliphatic heterocycles. The van der Waals surface area contributed by atoms with Crippen LogP contribution in [0.15, 0.2) is 27.6 Å². The topological polar surface area (TPSA) is 89.3 Å². The lowest BCUT2D eigenvalue weighted by Crippen LogP contribution is -2.41. The predicted octanol–water partition coefficient (Wildman–Crippen LogP) is 2.41. The van der Waals surface area contributed by atoms with Gasteiger partial charge < -0.3 is 5.32 Å². The van der Waals surface area contributed by atoms with Crippen LogP contribution >= 0.6 is 15.9 Å². The monoisotopic (exact) mass is 374 g/mol. The van der Waals surface area contributed by atoms with Crippen molar-refractivity contribution < 1.29 is 13.2 Å². The Morgan fingerprint density at radius 1 is 1.38 bits per heavy atom. The summed E-state index contributed by atoms with van der Waals surface area (Å²) >= 11 is 3.20. The predicted molar refractivity (Wildman–Crippen MR) is 84.4 cm³/mol. The van der Waals surface area contributed by atoms with Gasteiger partial charge in [0.2, 0.25) is 10.0 Å². The van der Waals surface area contributed by atoms with Gasteiger partial charge in [-0.25, -0.2) is 13.6 Å². The fourth-order valence-corrected chi connectivity index (χ4v) is 3.79. The third-order valence-electron chi connectivity index (χ3n) is 4.25. The Balaban J connectivity index is 2.14. The molecule has 116 valence electrons. The molecule has 1 saturated carbocycles. The van der Waals surface area contributed by atoms with E-state index >= 15 is 0 Å². The summed E-state index contributed by atoms with van der Waals surface area (Å²) < 4.78 is 23.3. The maximum absolute atomic E-state index is 12.2. The number of hydrogen-bond donors (Lipinski definition) is 2. The van der Waals surface area contributed by atoms with Crippen LogP contribution < -0.4 is 10.5 Å². The first kappa shape index (κ1) is 16.5. The number of primary sulfonamides is 1. The summed E-state index contributed by atoms with van der Waals surface area (Å²) in [4.78, 5) is 12.1. The maximum atomic E-state index is 12.2. The molecule has 0 atom stereocenters. The van der Waals surface area contributed by atoms with Crippen molar-refractivity contribution in [3.63, 3.8) is 0 Å². The smallest absolute Gasteiger partial charge is 0.251 e. The van der Waals surface area contributed by atoms with Crippen LogP contribution in [0.5, 0.6) is 0 Å². The summed E-state index contributed by atoms with van der Waals surface area (Å²) in [5, 5.41) is 8.01. The number of nitrogens with two attached hydrogens (primary N) is 1. The molecular weight excluding hydrogens is 356 g/mol. The van der Waals surface area contributed by atoms with Crippen molar-refractivity contribution in [3.8, 4) is 0 Å². The van der Waals surface area contributed by atoms with E-state index in [-0.39, 0.29) is 16.2 Å². The van der Waals surface area contributed by atoms with Crippen molar-refractivity contribution in [2.24, 2.45) is 10.6 Å². The molecule has 0 spiro atoms. The van der Waals surface area contributed by atoms with E-state index in [0.717, 1.165) is 19.3 Å². The van der Waals surface area contributed by atoms with Crippen LogP contribution in [-0.2, 0) is 10.0 Å². The SMILES string of the molecule is CCC1(CNC(=O)c2cc(Br)cc(S(N)(=O)=O)c2)CCC1. The molecule has 0 heterocycles. The highest BCUT2D eigenvalue weighted by Gasteiger charge is 2.35. The highest BCUT2D eigenvalue weighted by Crippen LogP contribution is 2.43. The van der Waals surface area contributed by atoms with Crippen LogP contribution in [0.25, 0.3) is 0 Å². The van der Waals surface area contributed by atoms with Gasteiger partial charge in [0.05, 0.1) is 4.90 Å².